The predicted octanol–water partition coefficient (Wildman–Crippen LogP) is 0.173. The smallest absolute Gasteiger partial charge is 0.161 e. The van der Waals surface area contributed by atoms with E-state index in [0.717, 1.165) is 6.08 Å². The molecule has 1 N–H and O–H groups in total. The molecule has 1 atom stereocenters. The van der Waals surface area contributed by atoms with E-state index in [2.05, 4.69) is 0 Å². The van der Waals surface area contributed by atoms with Crippen LogP contribution in [0.25, 0.3) is 0 Å². The molecule has 0 saturated heterocycles. The Morgan fingerprint density at radius 2 is 2.50 bits per heavy atom. The number of halogens is 1. The maximum atomic E-state index is 12.0. The number of carbonyl (C=O) groups is 1. The lowest BCUT2D eigenvalue weighted by atomic mass is 10.3. The molecule has 0 spiro atoms. The highest BCUT2D eigenvalue weighted by molar-refractivity contribution is 5.93. The van der Waals surface area contributed by atoms with Gasteiger partial charge in [0, 0.05) is 12.5 Å². The third-order valence-corrected chi connectivity index (χ3v) is 1.01. The lowest BCUT2D eigenvalue weighted by molar-refractivity contribution is -0.115. The van der Waals surface area contributed by atoms with Crippen LogP contribution in [0.2, 0.25) is 0 Å². The summed E-state index contributed by atoms with van der Waals surface area (Å²) in [6.45, 7) is 0. The molecule has 0 amide bonds. The molecule has 44 valence electrons. The molecule has 1 rings (SSSR count). The van der Waals surface area contributed by atoms with Crippen molar-refractivity contribution in [2.75, 3.05) is 0 Å². The van der Waals surface area contributed by atoms with Crippen LogP contribution in [0.15, 0.2) is 11.9 Å². The van der Waals surface area contributed by atoms with Crippen molar-refractivity contribution in [3.05, 3.63) is 11.9 Å². The van der Waals surface area contributed by atoms with Gasteiger partial charge in [0.1, 0.15) is 11.9 Å². The molecule has 1 aliphatic rings. The van der Waals surface area contributed by atoms with Crippen molar-refractivity contribution in [2.45, 2.75) is 12.5 Å². The number of allylic oxidation sites excluding steroid dienone is 1. The van der Waals surface area contributed by atoms with Gasteiger partial charge < -0.3 is 5.11 Å². The summed E-state index contributed by atoms with van der Waals surface area (Å²) in [6, 6.07) is 0. The predicted molar refractivity (Wildman–Crippen MR) is 24.8 cm³/mol. The van der Waals surface area contributed by atoms with Crippen molar-refractivity contribution in [3.63, 3.8) is 0 Å². The highest BCUT2D eigenvalue weighted by atomic mass is 19.1. The van der Waals surface area contributed by atoms with Crippen molar-refractivity contribution < 1.29 is 14.3 Å². The summed E-state index contributed by atoms with van der Waals surface area (Å²) in [5.41, 5.74) is 0. The summed E-state index contributed by atoms with van der Waals surface area (Å²) in [4.78, 5) is 10.2. The summed E-state index contributed by atoms with van der Waals surface area (Å²) in [5.74, 6) is -1.05. The summed E-state index contributed by atoms with van der Waals surface area (Å²) < 4.78 is 12.0. The van der Waals surface area contributed by atoms with E-state index in [9.17, 15) is 9.18 Å². The van der Waals surface area contributed by atoms with Gasteiger partial charge in [-0.1, -0.05) is 0 Å². The Morgan fingerprint density at radius 1 is 1.88 bits per heavy atom. The van der Waals surface area contributed by atoms with E-state index in [1.807, 2.05) is 0 Å². The highest BCUT2D eigenvalue weighted by Crippen LogP contribution is 2.15. The zero-order valence-electron chi connectivity index (χ0n) is 4.10. The normalized spacial score (nSPS) is 28.5. The van der Waals surface area contributed by atoms with Crippen molar-refractivity contribution in [1.82, 2.24) is 0 Å². The van der Waals surface area contributed by atoms with Crippen LogP contribution in [0.1, 0.15) is 6.42 Å². The zero-order chi connectivity index (χ0) is 6.15. The van der Waals surface area contributed by atoms with Gasteiger partial charge >= 0.3 is 0 Å². The van der Waals surface area contributed by atoms with Gasteiger partial charge in [-0.25, -0.2) is 4.39 Å². The third kappa shape index (κ3) is 0.767. The van der Waals surface area contributed by atoms with Crippen molar-refractivity contribution in [1.29, 1.82) is 0 Å². The summed E-state index contributed by atoms with van der Waals surface area (Å²) in [5, 5.41) is 8.50. The average Bonchev–Trinajstić information content (AvgIpc) is 1.85. The molecule has 0 aromatic carbocycles. The van der Waals surface area contributed by atoms with Crippen LogP contribution in [-0.4, -0.2) is 17.0 Å². The molecular formula is C5H5FO2. The molecule has 0 bridgehead atoms. The lowest BCUT2D eigenvalue weighted by Gasteiger charge is -1.93. The van der Waals surface area contributed by atoms with Gasteiger partial charge in [0.25, 0.3) is 0 Å². The fraction of sp³-hybridized carbons (Fsp3) is 0.400. The maximum Gasteiger partial charge on any atom is 0.161 e. The molecule has 1 aliphatic carbocycles. The second-order valence-electron chi connectivity index (χ2n) is 1.72. The Labute approximate surface area is 45.6 Å². The Kier molecular flexibility index (Phi) is 1.13. The molecule has 3 heteroatoms. The molecule has 0 aliphatic heterocycles. The van der Waals surface area contributed by atoms with Gasteiger partial charge in [-0.2, -0.15) is 0 Å². The fourth-order valence-corrected chi connectivity index (χ4v) is 0.597. The number of ketones is 1. The van der Waals surface area contributed by atoms with Gasteiger partial charge in [0.05, 0.1) is 0 Å². The minimum absolute atomic E-state index is 0.0914. The number of rotatable bonds is 0. The van der Waals surface area contributed by atoms with Crippen LogP contribution >= 0.6 is 0 Å². The summed E-state index contributed by atoms with van der Waals surface area (Å²) in [6.07, 6.45) is -0.432. The minimum atomic E-state index is -1.16. The van der Waals surface area contributed by atoms with Crippen molar-refractivity contribution in [3.8, 4) is 0 Å². The Hall–Kier alpha value is -0.700. The largest absolute Gasteiger partial charge is 0.386 e. The van der Waals surface area contributed by atoms with Gasteiger partial charge in [0.15, 0.2) is 5.78 Å². The molecular weight excluding hydrogens is 111 g/mol. The number of hydrogen-bond donors (Lipinski definition) is 1. The van der Waals surface area contributed by atoms with Crippen LogP contribution in [0, 0.1) is 0 Å². The lowest BCUT2D eigenvalue weighted by Crippen LogP contribution is -2.02. The summed E-state index contributed by atoms with van der Waals surface area (Å²) >= 11 is 0. The molecule has 0 radical (unpaired) electrons. The van der Waals surface area contributed by atoms with E-state index in [1.165, 1.54) is 0 Å². The number of aliphatic hydroxyl groups excluding tert-OH is 1. The van der Waals surface area contributed by atoms with Crippen LogP contribution < -0.4 is 0 Å². The van der Waals surface area contributed by atoms with Gasteiger partial charge in [-0.15, -0.1) is 0 Å². The molecule has 0 heterocycles. The van der Waals surface area contributed by atoms with E-state index >= 15 is 0 Å². The molecule has 0 aromatic rings. The van der Waals surface area contributed by atoms with E-state index in [4.69, 9.17) is 5.11 Å². The molecule has 0 unspecified atom stereocenters. The van der Waals surface area contributed by atoms with Crippen LogP contribution in [0.4, 0.5) is 4.39 Å². The Bertz CT molecular complexity index is 151. The molecule has 2 nitrogen and oxygen atoms in total. The van der Waals surface area contributed by atoms with E-state index < -0.39 is 11.9 Å². The van der Waals surface area contributed by atoms with E-state index in [0.29, 0.717) is 0 Å². The monoisotopic (exact) mass is 116 g/mol. The second-order valence-corrected chi connectivity index (χ2v) is 1.72. The number of hydrogen-bond acceptors (Lipinski definition) is 2. The first-order valence-electron chi connectivity index (χ1n) is 2.28. The molecule has 0 aromatic heterocycles. The zero-order valence-corrected chi connectivity index (χ0v) is 4.10. The second kappa shape index (κ2) is 1.67. The highest BCUT2D eigenvalue weighted by Gasteiger charge is 2.21. The fourth-order valence-electron chi connectivity index (χ4n) is 0.597. The maximum absolute atomic E-state index is 12.0. The van der Waals surface area contributed by atoms with Crippen molar-refractivity contribution in [2.24, 2.45) is 0 Å². The van der Waals surface area contributed by atoms with Crippen LogP contribution in [0.5, 0.6) is 0 Å². The number of carbonyl (C=O) groups excluding carboxylic acids is 1. The first-order valence-corrected chi connectivity index (χ1v) is 2.28. The van der Waals surface area contributed by atoms with Gasteiger partial charge in [0.2, 0.25) is 0 Å². The minimum Gasteiger partial charge on any atom is -0.386 e. The van der Waals surface area contributed by atoms with Crippen LogP contribution in [0.3, 0.4) is 0 Å². The van der Waals surface area contributed by atoms with Crippen LogP contribution in [-0.2, 0) is 4.79 Å². The molecule has 0 fully saturated rings. The summed E-state index contributed by atoms with van der Waals surface area (Å²) in [7, 11) is 0. The quantitative estimate of drug-likeness (QED) is 0.490. The van der Waals surface area contributed by atoms with E-state index in [-0.39, 0.29) is 12.2 Å². The van der Waals surface area contributed by atoms with Gasteiger partial charge in [-0.3, -0.25) is 4.79 Å². The number of aliphatic hydroxyl groups is 1. The SMILES string of the molecule is O=C1C=C(F)[C@@H](O)C1. The van der Waals surface area contributed by atoms with Crippen molar-refractivity contribution >= 4 is 5.78 Å². The third-order valence-electron chi connectivity index (χ3n) is 1.01. The van der Waals surface area contributed by atoms with Gasteiger partial charge in [-0.05, 0) is 0 Å². The first-order chi connectivity index (χ1) is 3.70. The molecule has 0 saturated carbocycles. The average molecular weight is 116 g/mol. The Morgan fingerprint density at radius 3 is 2.62 bits per heavy atom. The molecule has 8 heavy (non-hydrogen) atoms. The standard InChI is InChI=1S/C5H5FO2/c6-4-1-3(7)2-5(4)8/h1,5,8H,2H2/t5-/m0/s1. The first kappa shape index (κ1) is 5.44. The topological polar surface area (TPSA) is 37.3 Å². The Balaban J connectivity index is 2.73. The van der Waals surface area contributed by atoms with E-state index in [1.54, 1.807) is 0 Å².